The molecule has 1 N–H and O–H groups in total. The summed E-state index contributed by atoms with van der Waals surface area (Å²) in [6.45, 7) is 0. The summed E-state index contributed by atoms with van der Waals surface area (Å²) in [5.74, 6) is 0. The molecule has 4 rings (SSSR count). The minimum Gasteiger partial charge on any atom is -0.331 e. The van der Waals surface area contributed by atoms with Gasteiger partial charge in [-0.25, -0.2) is 5.01 Å². The smallest absolute Gasteiger partial charge is 0.194 e. The molecule has 0 aromatic heterocycles. The number of rotatable bonds is 3. The molecule has 0 saturated heterocycles. The lowest BCUT2D eigenvalue weighted by Crippen LogP contribution is -2.31. The molecule has 28 heavy (non-hydrogen) atoms. The van der Waals surface area contributed by atoms with Crippen molar-refractivity contribution in [2.24, 2.45) is 5.10 Å². The normalized spacial score (nSPS) is 16.0. The summed E-state index contributed by atoms with van der Waals surface area (Å²) >= 11 is 15.2. The molecule has 0 saturated carbocycles. The van der Waals surface area contributed by atoms with Gasteiger partial charge in [-0.1, -0.05) is 70.0 Å². The van der Waals surface area contributed by atoms with Crippen LogP contribution < -0.4 is 5.32 Å². The average molecular weight is 471 g/mol. The van der Waals surface area contributed by atoms with E-state index in [2.05, 4.69) is 33.4 Å². The summed E-state index contributed by atoms with van der Waals surface area (Å²) in [5, 5.41) is 11.3. The minimum atomic E-state index is 0.0438. The number of hydrogen-bond acceptors (Lipinski definition) is 2. The Morgan fingerprint density at radius 1 is 1.00 bits per heavy atom. The van der Waals surface area contributed by atoms with Crippen LogP contribution in [0.1, 0.15) is 23.6 Å². The zero-order valence-corrected chi connectivity index (χ0v) is 18.0. The van der Waals surface area contributed by atoms with Gasteiger partial charge in [-0.3, -0.25) is 0 Å². The first-order valence-electron chi connectivity index (χ1n) is 8.84. The maximum absolute atomic E-state index is 6.04. The van der Waals surface area contributed by atoms with E-state index in [4.69, 9.17) is 28.9 Å². The molecular weight excluding hydrogens is 454 g/mol. The van der Waals surface area contributed by atoms with Crippen LogP contribution in [0.2, 0.25) is 5.02 Å². The van der Waals surface area contributed by atoms with Gasteiger partial charge in [-0.15, -0.1) is 0 Å². The highest BCUT2D eigenvalue weighted by Gasteiger charge is 2.31. The number of anilines is 1. The Hall–Kier alpha value is -2.21. The van der Waals surface area contributed by atoms with E-state index in [-0.39, 0.29) is 6.04 Å². The first kappa shape index (κ1) is 19.1. The van der Waals surface area contributed by atoms with Crippen molar-refractivity contribution in [3.63, 3.8) is 0 Å². The first-order valence-corrected chi connectivity index (χ1v) is 10.4. The third kappa shape index (κ3) is 4.27. The molecular formula is C22H17BrClN3S. The molecule has 1 heterocycles. The van der Waals surface area contributed by atoms with Gasteiger partial charge >= 0.3 is 0 Å². The fourth-order valence-corrected chi connectivity index (χ4v) is 3.84. The number of hydrogen-bond donors (Lipinski definition) is 1. The molecule has 6 heteroatoms. The summed E-state index contributed by atoms with van der Waals surface area (Å²) < 4.78 is 1.02. The predicted molar refractivity (Wildman–Crippen MR) is 124 cm³/mol. The molecule has 0 fully saturated rings. The highest BCUT2D eigenvalue weighted by atomic mass is 79.9. The third-order valence-electron chi connectivity index (χ3n) is 4.58. The van der Waals surface area contributed by atoms with Crippen molar-refractivity contribution in [1.29, 1.82) is 0 Å². The number of nitrogens with zero attached hydrogens (tertiary/aromatic N) is 2. The van der Waals surface area contributed by atoms with Crippen molar-refractivity contribution in [1.82, 2.24) is 5.01 Å². The van der Waals surface area contributed by atoms with Crippen LogP contribution in [-0.2, 0) is 0 Å². The van der Waals surface area contributed by atoms with Gasteiger partial charge in [0.15, 0.2) is 5.11 Å². The van der Waals surface area contributed by atoms with Gasteiger partial charge < -0.3 is 5.32 Å². The van der Waals surface area contributed by atoms with E-state index in [1.807, 2.05) is 71.7 Å². The van der Waals surface area contributed by atoms with E-state index in [1.54, 1.807) is 0 Å². The molecule has 1 atom stereocenters. The Morgan fingerprint density at radius 2 is 1.68 bits per heavy atom. The van der Waals surface area contributed by atoms with E-state index in [1.165, 1.54) is 5.56 Å². The summed E-state index contributed by atoms with van der Waals surface area (Å²) in [7, 11) is 0. The number of halogens is 2. The predicted octanol–water partition coefficient (Wildman–Crippen LogP) is 6.65. The SMILES string of the molecule is S=C(Nc1ccc(Br)cc1)N1N=C(c2ccc(Cl)cc2)CC1c1ccccc1. The third-order valence-corrected chi connectivity index (χ3v) is 5.65. The van der Waals surface area contributed by atoms with Crippen LogP contribution in [0.3, 0.4) is 0 Å². The molecule has 1 aliphatic rings. The molecule has 3 aromatic carbocycles. The van der Waals surface area contributed by atoms with Crippen molar-refractivity contribution < 1.29 is 0 Å². The van der Waals surface area contributed by atoms with Crippen LogP contribution in [0.25, 0.3) is 0 Å². The molecule has 0 amide bonds. The summed E-state index contributed by atoms with van der Waals surface area (Å²) in [5.41, 5.74) is 4.15. The summed E-state index contributed by atoms with van der Waals surface area (Å²) in [6, 6.07) is 26.0. The van der Waals surface area contributed by atoms with Crippen LogP contribution in [-0.4, -0.2) is 15.8 Å². The Kier molecular flexibility index (Phi) is 5.76. The van der Waals surface area contributed by atoms with Gasteiger partial charge in [0.2, 0.25) is 0 Å². The Morgan fingerprint density at radius 3 is 2.36 bits per heavy atom. The van der Waals surface area contributed by atoms with E-state index < -0.39 is 0 Å². The van der Waals surface area contributed by atoms with E-state index in [9.17, 15) is 0 Å². The Labute approximate surface area is 183 Å². The van der Waals surface area contributed by atoms with Crippen LogP contribution in [0, 0.1) is 0 Å². The van der Waals surface area contributed by atoms with E-state index in [0.717, 1.165) is 27.9 Å². The quantitative estimate of drug-likeness (QED) is 0.434. The van der Waals surface area contributed by atoms with E-state index >= 15 is 0 Å². The average Bonchev–Trinajstić information content (AvgIpc) is 3.16. The van der Waals surface area contributed by atoms with Crippen LogP contribution in [0.5, 0.6) is 0 Å². The van der Waals surface area contributed by atoms with Gasteiger partial charge in [-0.05, 0) is 59.7 Å². The molecule has 0 spiro atoms. The van der Waals surface area contributed by atoms with Crippen LogP contribution in [0.4, 0.5) is 5.69 Å². The van der Waals surface area contributed by atoms with Crippen LogP contribution in [0.15, 0.2) is 88.4 Å². The van der Waals surface area contributed by atoms with Crippen molar-refractivity contribution in [3.05, 3.63) is 99.5 Å². The lowest BCUT2D eigenvalue weighted by Gasteiger charge is -2.24. The van der Waals surface area contributed by atoms with Gasteiger partial charge in [0.05, 0.1) is 11.8 Å². The zero-order valence-electron chi connectivity index (χ0n) is 14.8. The van der Waals surface area contributed by atoms with E-state index in [0.29, 0.717) is 10.1 Å². The van der Waals surface area contributed by atoms with Crippen molar-refractivity contribution in [2.45, 2.75) is 12.5 Å². The second-order valence-corrected chi connectivity index (χ2v) is 8.20. The van der Waals surface area contributed by atoms with Crippen molar-refractivity contribution in [2.75, 3.05) is 5.32 Å². The van der Waals surface area contributed by atoms with Gasteiger partial charge in [-0.2, -0.15) is 5.10 Å². The number of hydrazone groups is 1. The number of thiocarbonyl (C=S) groups is 1. The highest BCUT2D eigenvalue weighted by molar-refractivity contribution is 9.10. The summed E-state index contributed by atoms with van der Waals surface area (Å²) in [4.78, 5) is 0. The van der Waals surface area contributed by atoms with Gasteiger partial charge in [0.25, 0.3) is 0 Å². The van der Waals surface area contributed by atoms with Gasteiger partial charge in [0.1, 0.15) is 0 Å². The van der Waals surface area contributed by atoms with Gasteiger partial charge in [0, 0.05) is 21.6 Å². The maximum atomic E-state index is 6.04. The lowest BCUT2D eigenvalue weighted by molar-refractivity contribution is 0.375. The Bertz CT molecular complexity index is 1000. The molecule has 3 aromatic rings. The second kappa shape index (κ2) is 8.43. The molecule has 0 bridgehead atoms. The topological polar surface area (TPSA) is 27.6 Å². The maximum Gasteiger partial charge on any atom is 0.194 e. The molecule has 0 aliphatic carbocycles. The largest absolute Gasteiger partial charge is 0.331 e. The molecule has 3 nitrogen and oxygen atoms in total. The number of benzene rings is 3. The fraction of sp³-hybridized carbons (Fsp3) is 0.0909. The zero-order chi connectivity index (χ0) is 19.5. The van der Waals surface area contributed by atoms with Crippen LogP contribution >= 0.6 is 39.7 Å². The fourth-order valence-electron chi connectivity index (χ4n) is 3.16. The molecule has 140 valence electrons. The molecule has 0 radical (unpaired) electrons. The highest BCUT2D eigenvalue weighted by Crippen LogP contribution is 2.33. The standard InChI is InChI=1S/C22H17BrClN3S/c23-17-8-12-19(13-9-17)25-22(28)27-21(16-4-2-1-3-5-16)14-20(26-27)15-6-10-18(24)11-7-15/h1-13,21H,14H2,(H,25,28). The summed E-state index contributed by atoms with van der Waals surface area (Å²) in [6.07, 6.45) is 0.772. The monoisotopic (exact) mass is 469 g/mol. The Balaban J connectivity index is 1.63. The van der Waals surface area contributed by atoms with Crippen molar-refractivity contribution in [3.8, 4) is 0 Å². The second-order valence-electron chi connectivity index (χ2n) is 6.47. The first-order chi connectivity index (χ1) is 13.6. The lowest BCUT2D eigenvalue weighted by atomic mass is 9.99. The number of nitrogens with one attached hydrogen (secondary N) is 1. The van der Waals surface area contributed by atoms with Crippen molar-refractivity contribution >= 4 is 56.3 Å². The molecule has 1 unspecified atom stereocenters. The minimum absolute atomic E-state index is 0.0438. The molecule has 1 aliphatic heterocycles.